The molecule has 0 N–H and O–H groups in total. The molecule has 0 spiro atoms. The number of alkyl halides is 3. The molecule has 2 saturated heterocycles. The van der Waals surface area contributed by atoms with Gasteiger partial charge in [0.2, 0.25) is 0 Å². The van der Waals surface area contributed by atoms with Gasteiger partial charge in [0.25, 0.3) is 9.84 Å². The third kappa shape index (κ3) is 4.40. The molecule has 0 saturated carbocycles. The van der Waals surface area contributed by atoms with Crippen LogP contribution in [0.25, 0.3) is 0 Å². The molecule has 11 heteroatoms. The Morgan fingerprint density at radius 1 is 0.926 bits per heavy atom. The van der Waals surface area contributed by atoms with E-state index in [1.807, 2.05) is 4.90 Å². The summed E-state index contributed by atoms with van der Waals surface area (Å²) in [4.78, 5) is 3.43. The lowest BCUT2D eigenvalue weighted by Crippen LogP contribution is -2.50. The number of hydrogen-bond donors (Lipinski definition) is 0. The lowest BCUT2D eigenvalue weighted by Gasteiger charge is -2.40. The SMILES string of the molecule is O=S1(=O)CCN(C2CCN(c3ccc(S(=O)(=O)C(F)(F)F)cc3)CC2)CC1. The summed E-state index contributed by atoms with van der Waals surface area (Å²) in [6.45, 7) is 2.44. The van der Waals surface area contributed by atoms with Crippen LogP contribution in [0.1, 0.15) is 12.8 Å². The largest absolute Gasteiger partial charge is 0.501 e. The average Bonchev–Trinajstić information content (AvgIpc) is 2.61. The molecule has 0 unspecified atom stereocenters. The van der Waals surface area contributed by atoms with Crippen LogP contribution in [0, 0.1) is 0 Å². The first kappa shape index (κ1) is 20.4. The van der Waals surface area contributed by atoms with Crippen LogP contribution in [0.5, 0.6) is 0 Å². The van der Waals surface area contributed by atoms with E-state index in [9.17, 15) is 30.0 Å². The number of sulfone groups is 2. The maximum Gasteiger partial charge on any atom is 0.501 e. The Balaban J connectivity index is 1.60. The van der Waals surface area contributed by atoms with Crippen LogP contribution in [0.2, 0.25) is 0 Å². The minimum absolute atomic E-state index is 0.183. The van der Waals surface area contributed by atoms with Crippen LogP contribution in [-0.4, -0.2) is 71.0 Å². The molecule has 0 bridgehead atoms. The third-order valence-electron chi connectivity index (χ3n) is 5.18. The number of anilines is 1. The number of hydrogen-bond acceptors (Lipinski definition) is 6. The second kappa shape index (κ2) is 7.25. The van der Waals surface area contributed by atoms with Gasteiger partial charge in [-0.3, -0.25) is 4.90 Å². The second-order valence-corrected chi connectivity index (χ2v) is 11.1. The van der Waals surface area contributed by atoms with Crippen molar-refractivity contribution in [2.24, 2.45) is 0 Å². The van der Waals surface area contributed by atoms with Crippen molar-refractivity contribution in [2.45, 2.75) is 29.3 Å². The summed E-state index contributed by atoms with van der Waals surface area (Å²) in [5, 5.41) is 0. The predicted octanol–water partition coefficient (Wildman–Crippen LogP) is 1.68. The molecule has 0 aromatic heterocycles. The van der Waals surface area contributed by atoms with Crippen LogP contribution in [0.4, 0.5) is 18.9 Å². The Hall–Kier alpha value is -1.33. The monoisotopic (exact) mass is 426 g/mol. The van der Waals surface area contributed by atoms with Gasteiger partial charge in [-0.25, -0.2) is 16.8 Å². The maximum absolute atomic E-state index is 12.6. The molecule has 6 nitrogen and oxygen atoms in total. The molecule has 0 radical (unpaired) electrons. The lowest BCUT2D eigenvalue weighted by molar-refractivity contribution is -0.0436. The Morgan fingerprint density at radius 3 is 1.93 bits per heavy atom. The van der Waals surface area contributed by atoms with Gasteiger partial charge in [-0.2, -0.15) is 13.2 Å². The number of piperidine rings is 1. The highest BCUT2D eigenvalue weighted by Gasteiger charge is 2.46. The van der Waals surface area contributed by atoms with E-state index >= 15 is 0 Å². The van der Waals surface area contributed by atoms with Crippen molar-refractivity contribution in [2.75, 3.05) is 42.6 Å². The van der Waals surface area contributed by atoms with Crippen LogP contribution in [0.3, 0.4) is 0 Å². The standard InChI is InChI=1S/C16H21F3N2O4S2/c17-16(18,19)27(24,25)15-3-1-13(2-4-15)20-7-5-14(6-8-20)21-9-11-26(22,23)12-10-21/h1-4,14H,5-12H2. The summed E-state index contributed by atoms with van der Waals surface area (Å²) in [5.41, 5.74) is -4.63. The molecular weight excluding hydrogens is 405 g/mol. The summed E-state index contributed by atoms with van der Waals surface area (Å²) in [7, 11) is -8.25. The number of halogens is 3. The van der Waals surface area contributed by atoms with Gasteiger partial charge in [-0.1, -0.05) is 0 Å². The van der Waals surface area contributed by atoms with Gasteiger partial charge in [-0.15, -0.1) is 0 Å². The summed E-state index contributed by atoms with van der Waals surface area (Å²) in [5.74, 6) is 0.366. The average molecular weight is 426 g/mol. The zero-order valence-corrected chi connectivity index (χ0v) is 16.2. The number of nitrogens with zero attached hydrogens (tertiary/aromatic N) is 2. The normalized spacial score (nSPS) is 22.7. The molecule has 0 aliphatic carbocycles. The van der Waals surface area contributed by atoms with Crippen molar-refractivity contribution >= 4 is 25.4 Å². The fraction of sp³-hybridized carbons (Fsp3) is 0.625. The summed E-state index contributed by atoms with van der Waals surface area (Å²) >= 11 is 0. The molecule has 2 aliphatic rings. The van der Waals surface area contributed by atoms with Gasteiger partial charge >= 0.3 is 5.51 Å². The van der Waals surface area contributed by atoms with Crippen molar-refractivity contribution in [3.05, 3.63) is 24.3 Å². The third-order valence-corrected chi connectivity index (χ3v) is 8.29. The van der Waals surface area contributed by atoms with Gasteiger partial charge in [0.05, 0.1) is 16.4 Å². The van der Waals surface area contributed by atoms with Crippen molar-refractivity contribution in [3.8, 4) is 0 Å². The van der Waals surface area contributed by atoms with Gasteiger partial charge in [-0.05, 0) is 37.1 Å². The molecule has 0 amide bonds. The fourth-order valence-corrected chi connectivity index (χ4v) is 5.54. The minimum atomic E-state index is -5.33. The van der Waals surface area contributed by atoms with Gasteiger partial charge in [0.15, 0.2) is 9.84 Å². The van der Waals surface area contributed by atoms with Crippen molar-refractivity contribution in [1.82, 2.24) is 4.90 Å². The van der Waals surface area contributed by atoms with E-state index in [0.717, 1.165) is 25.0 Å². The van der Waals surface area contributed by atoms with Crippen molar-refractivity contribution in [1.29, 1.82) is 0 Å². The van der Waals surface area contributed by atoms with Crippen LogP contribution in [0.15, 0.2) is 29.2 Å². The quantitative estimate of drug-likeness (QED) is 0.732. The Kier molecular flexibility index (Phi) is 5.48. The fourth-order valence-electron chi connectivity index (χ4n) is 3.55. The van der Waals surface area contributed by atoms with E-state index in [1.54, 1.807) is 0 Å². The number of rotatable bonds is 3. The van der Waals surface area contributed by atoms with Crippen LogP contribution < -0.4 is 4.90 Å². The lowest BCUT2D eigenvalue weighted by atomic mass is 10.0. The van der Waals surface area contributed by atoms with E-state index in [-0.39, 0.29) is 11.5 Å². The van der Waals surface area contributed by atoms with E-state index in [4.69, 9.17) is 0 Å². The summed E-state index contributed by atoms with van der Waals surface area (Å²) in [6.07, 6.45) is 1.64. The summed E-state index contributed by atoms with van der Waals surface area (Å²) < 4.78 is 83.7. The van der Waals surface area contributed by atoms with E-state index in [1.165, 1.54) is 12.1 Å². The topological polar surface area (TPSA) is 74.8 Å². The van der Waals surface area contributed by atoms with Gasteiger partial charge in [0.1, 0.15) is 0 Å². The van der Waals surface area contributed by atoms with Crippen LogP contribution in [-0.2, 0) is 19.7 Å². The Labute approximate surface area is 156 Å². The first-order valence-electron chi connectivity index (χ1n) is 8.60. The predicted molar refractivity (Wildman–Crippen MR) is 95.1 cm³/mol. The molecule has 2 fully saturated rings. The highest BCUT2D eigenvalue weighted by Crippen LogP contribution is 2.32. The zero-order valence-electron chi connectivity index (χ0n) is 14.5. The molecule has 0 atom stereocenters. The summed E-state index contributed by atoms with van der Waals surface area (Å²) in [6, 6.07) is 5.06. The van der Waals surface area contributed by atoms with Crippen molar-refractivity contribution < 1.29 is 30.0 Å². The minimum Gasteiger partial charge on any atom is -0.371 e. The molecule has 27 heavy (non-hydrogen) atoms. The highest BCUT2D eigenvalue weighted by molar-refractivity contribution is 7.92. The Bertz CT molecular complexity index is 861. The molecule has 152 valence electrons. The molecule has 2 aliphatic heterocycles. The van der Waals surface area contributed by atoms with Crippen LogP contribution >= 0.6 is 0 Å². The second-order valence-electron chi connectivity index (χ2n) is 6.85. The number of benzene rings is 1. The molecule has 1 aromatic rings. The Morgan fingerprint density at radius 2 is 1.44 bits per heavy atom. The molecule has 3 rings (SSSR count). The molecule has 2 heterocycles. The first-order valence-corrected chi connectivity index (χ1v) is 11.9. The van der Waals surface area contributed by atoms with Gasteiger partial charge < -0.3 is 4.90 Å². The van der Waals surface area contributed by atoms with Crippen molar-refractivity contribution in [3.63, 3.8) is 0 Å². The molecular formula is C16H21F3N2O4S2. The maximum atomic E-state index is 12.6. The highest BCUT2D eigenvalue weighted by atomic mass is 32.2. The molecule has 1 aromatic carbocycles. The van der Waals surface area contributed by atoms with E-state index < -0.39 is 30.1 Å². The smallest absolute Gasteiger partial charge is 0.371 e. The van der Waals surface area contributed by atoms with E-state index in [2.05, 4.69) is 4.90 Å². The van der Waals surface area contributed by atoms with Gasteiger partial charge in [0, 0.05) is 37.9 Å². The first-order chi connectivity index (χ1) is 12.5. The zero-order chi connectivity index (χ0) is 19.9. The van der Waals surface area contributed by atoms with E-state index in [0.29, 0.717) is 37.9 Å².